The van der Waals surface area contributed by atoms with Gasteiger partial charge >= 0.3 is 0 Å². The first-order chi connectivity index (χ1) is 31.4. The van der Waals surface area contributed by atoms with Gasteiger partial charge in [-0.2, -0.15) is 0 Å². The van der Waals surface area contributed by atoms with Crippen molar-refractivity contribution < 1.29 is 19.1 Å². The Morgan fingerprint density at radius 2 is 0.719 bits per heavy atom. The molecule has 0 fully saturated rings. The number of carbonyl (C=O) groups is 2. The number of unbranched alkanes of at least 4 members (excludes halogenated alkanes) is 24. The Bertz CT molecular complexity index is 1880. The molecule has 5 rings (SSSR count). The van der Waals surface area contributed by atoms with E-state index in [0.717, 1.165) is 34.1 Å². The predicted octanol–water partition coefficient (Wildman–Crippen LogP) is 16.9. The van der Waals surface area contributed by atoms with Crippen LogP contribution in [0.3, 0.4) is 0 Å². The molecule has 0 spiro atoms. The van der Waals surface area contributed by atoms with Crippen LogP contribution >= 0.6 is 23.5 Å². The van der Waals surface area contributed by atoms with E-state index in [1.165, 1.54) is 178 Å². The lowest BCUT2D eigenvalue weighted by molar-refractivity contribution is 0.0974. The van der Waals surface area contributed by atoms with Crippen molar-refractivity contribution in [2.45, 2.75) is 200 Å². The Balaban J connectivity index is 1.07. The lowest BCUT2D eigenvalue weighted by Crippen LogP contribution is -2.22. The van der Waals surface area contributed by atoms with Crippen LogP contribution < -0.4 is 20.9 Å². The molecule has 6 nitrogen and oxygen atoms in total. The molecule has 0 atom stereocenters. The number of ketones is 2. The second-order valence-electron chi connectivity index (χ2n) is 17.8. The molecular weight excluding hydrogens is 829 g/mol. The molecule has 64 heavy (non-hydrogen) atoms. The molecular formula is C56H78N2O4S2. The fourth-order valence-electron chi connectivity index (χ4n) is 8.62. The number of nitrogen functional groups attached to an aromatic ring is 2. The molecule has 0 amide bonds. The maximum Gasteiger partial charge on any atom is 0.196 e. The average Bonchev–Trinajstić information content (AvgIpc) is 3.30. The van der Waals surface area contributed by atoms with E-state index in [2.05, 4.69) is 13.8 Å². The third-order valence-electron chi connectivity index (χ3n) is 12.4. The average molecular weight is 907 g/mol. The van der Waals surface area contributed by atoms with Crippen LogP contribution in [0.25, 0.3) is 0 Å². The number of benzene rings is 4. The van der Waals surface area contributed by atoms with E-state index < -0.39 is 0 Å². The standard InChI is InChI=1S/C56H78N2O4S2/c1-3-5-7-9-11-13-15-17-19-21-23-25-27-39-61-43-35-37-49(47(57)41-43)63-51-33-29-31-45-53(51)56(60)54-46(55(45)59)32-30-34-52(54)64-50-38-36-44(42-48(50)58)62-40-28-26-24-22-20-18-16-14-12-10-8-6-4-2/h29-38,41-42H,3-28,39-40,57-58H2,1-2H3. The summed E-state index contributed by atoms with van der Waals surface area (Å²) < 4.78 is 12.2. The van der Waals surface area contributed by atoms with Crippen molar-refractivity contribution in [2.24, 2.45) is 0 Å². The minimum atomic E-state index is -0.177. The number of carbonyl (C=O) groups excluding carboxylic acids is 2. The Kier molecular flexibility index (Phi) is 23.6. The zero-order valence-electron chi connectivity index (χ0n) is 39.3. The summed E-state index contributed by atoms with van der Waals surface area (Å²) in [7, 11) is 0. The molecule has 348 valence electrons. The van der Waals surface area contributed by atoms with E-state index in [1.54, 1.807) is 12.1 Å². The number of fused-ring (bicyclic) bond motifs is 2. The van der Waals surface area contributed by atoms with E-state index in [4.69, 9.17) is 20.9 Å². The minimum Gasteiger partial charge on any atom is -0.494 e. The first-order valence-electron chi connectivity index (χ1n) is 25.2. The topological polar surface area (TPSA) is 105 Å². The first-order valence-corrected chi connectivity index (χ1v) is 26.8. The number of anilines is 2. The summed E-state index contributed by atoms with van der Waals surface area (Å²) in [4.78, 5) is 31.5. The van der Waals surface area contributed by atoms with Gasteiger partial charge in [-0.25, -0.2) is 0 Å². The minimum absolute atomic E-state index is 0.163. The molecule has 0 bridgehead atoms. The summed E-state index contributed by atoms with van der Waals surface area (Å²) in [5, 5.41) is 0. The maximum absolute atomic E-state index is 14.5. The highest BCUT2D eigenvalue weighted by Gasteiger charge is 2.34. The Morgan fingerprint density at radius 3 is 1.05 bits per heavy atom. The number of ether oxygens (including phenoxy) is 2. The Labute approximate surface area is 395 Å². The van der Waals surface area contributed by atoms with Gasteiger partial charge in [0.2, 0.25) is 0 Å². The monoisotopic (exact) mass is 907 g/mol. The second kappa shape index (κ2) is 29.6. The van der Waals surface area contributed by atoms with Crippen molar-refractivity contribution in [3.05, 3.63) is 95.1 Å². The van der Waals surface area contributed by atoms with E-state index in [9.17, 15) is 9.59 Å². The largest absolute Gasteiger partial charge is 0.494 e. The van der Waals surface area contributed by atoms with Gasteiger partial charge in [0.05, 0.1) is 13.2 Å². The van der Waals surface area contributed by atoms with E-state index in [1.807, 2.05) is 60.7 Å². The van der Waals surface area contributed by atoms with Gasteiger partial charge in [0.25, 0.3) is 0 Å². The maximum atomic E-state index is 14.5. The zero-order valence-corrected chi connectivity index (χ0v) is 41.0. The third-order valence-corrected chi connectivity index (χ3v) is 14.7. The third kappa shape index (κ3) is 16.8. The van der Waals surface area contributed by atoms with Crippen molar-refractivity contribution >= 4 is 46.5 Å². The number of rotatable bonds is 34. The molecule has 8 heteroatoms. The van der Waals surface area contributed by atoms with Gasteiger partial charge in [0.1, 0.15) is 11.5 Å². The first kappa shape index (κ1) is 51.1. The Morgan fingerprint density at radius 1 is 0.391 bits per heavy atom. The van der Waals surface area contributed by atoms with Gasteiger partial charge in [-0.15, -0.1) is 0 Å². The van der Waals surface area contributed by atoms with Crippen LogP contribution in [-0.2, 0) is 0 Å². The van der Waals surface area contributed by atoms with E-state index in [-0.39, 0.29) is 11.6 Å². The van der Waals surface area contributed by atoms with E-state index >= 15 is 0 Å². The molecule has 0 heterocycles. The molecule has 1 aliphatic rings. The normalized spacial score (nSPS) is 12.1. The summed E-state index contributed by atoms with van der Waals surface area (Å²) in [6.45, 7) is 5.87. The molecule has 4 aromatic rings. The van der Waals surface area contributed by atoms with Gasteiger partial charge < -0.3 is 20.9 Å². The van der Waals surface area contributed by atoms with Crippen LogP contribution in [0.15, 0.2) is 92.4 Å². The molecule has 0 saturated carbocycles. The lowest BCUT2D eigenvalue weighted by Gasteiger charge is -2.22. The molecule has 0 radical (unpaired) electrons. The summed E-state index contributed by atoms with van der Waals surface area (Å²) in [6.07, 6.45) is 34.2. The highest BCUT2D eigenvalue weighted by Crippen LogP contribution is 2.44. The zero-order chi connectivity index (χ0) is 45.2. The fourth-order valence-corrected chi connectivity index (χ4v) is 10.6. The van der Waals surface area contributed by atoms with Crippen molar-refractivity contribution in [2.75, 3.05) is 24.7 Å². The van der Waals surface area contributed by atoms with Crippen LogP contribution in [-0.4, -0.2) is 24.8 Å². The van der Waals surface area contributed by atoms with Crippen LogP contribution in [0.5, 0.6) is 11.5 Å². The number of hydrogen-bond donors (Lipinski definition) is 2. The molecule has 1 aliphatic carbocycles. The van der Waals surface area contributed by atoms with Gasteiger partial charge in [0.15, 0.2) is 11.6 Å². The van der Waals surface area contributed by atoms with Crippen LogP contribution in [0.2, 0.25) is 0 Å². The van der Waals surface area contributed by atoms with Crippen molar-refractivity contribution in [1.82, 2.24) is 0 Å². The van der Waals surface area contributed by atoms with Gasteiger partial charge in [-0.05, 0) is 49.2 Å². The second-order valence-corrected chi connectivity index (χ2v) is 20.0. The Hall–Kier alpha value is -3.88. The van der Waals surface area contributed by atoms with Gasteiger partial charge in [-0.1, -0.05) is 216 Å². The summed E-state index contributed by atoms with van der Waals surface area (Å²) >= 11 is 2.81. The number of nitrogens with two attached hydrogens (primary N) is 2. The molecule has 0 aromatic heterocycles. The summed E-state index contributed by atoms with van der Waals surface area (Å²) in [5.74, 6) is 1.14. The van der Waals surface area contributed by atoms with Crippen LogP contribution in [0.4, 0.5) is 11.4 Å². The molecule has 0 unspecified atom stereocenters. The summed E-state index contributed by atoms with van der Waals surface area (Å²) in [6, 6.07) is 22.4. The highest BCUT2D eigenvalue weighted by atomic mass is 32.2. The SMILES string of the molecule is CCCCCCCCCCCCCCCOc1ccc(Sc2cccc3c2C(=O)c2c(Sc4ccc(OCCCCCCCCCCCCCCC)cc4N)cccc2C3=O)c(N)c1. The van der Waals surface area contributed by atoms with Crippen molar-refractivity contribution in [1.29, 1.82) is 0 Å². The van der Waals surface area contributed by atoms with Crippen LogP contribution in [0.1, 0.15) is 213 Å². The smallest absolute Gasteiger partial charge is 0.196 e. The highest BCUT2D eigenvalue weighted by molar-refractivity contribution is 8.00. The van der Waals surface area contributed by atoms with Gasteiger partial charge in [0, 0.05) is 65.3 Å². The number of hydrogen-bond acceptors (Lipinski definition) is 8. The summed E-state index contributed by atoms with van der Waals surface area (Å²) in [5.41, 5.74) is 15.9. The molecule has 0 saturated heterocycles. The molecule has 0 aliphatic heterocycles. The van der Waals surface area contributed by atoms with Crippen LogP contribution in [0, 0.1) is 0 Å². The predicted molar refractivity (Wildman–Crippen MR) is 272 cm³/mol. The fraction of sp³-hybridized carbons (Fsp3) is 0.536. The van der Waals surface area contributed by atoms with Gasteiger partial charge in [-0.3, -0.25) is 9.59 Å². The van der Waals surface area contributed by atoms with Crippen molar-refractivity contribution in [3.8, 4) is 11.5 Å². The van der Waals surface area contributed by atoms with E-state index in [0.29, 0.717) is 56.6 Å². The lowest BCUT2D eigenvalue weighted by atomic mass is 9.84. The van der Waals surface area contributed by atoms with Crippen molar-refractivity contribution in [3.63, 3.8) is 0 Å². The molecule has 4 aromatic carbocycles. The quantitative estimate of drug-likeness (QED) is 0.0311. The molecule has 4 N–H and O–H groups in total.